The molecule has 0 bridgehead atoms. The number of hydrogen-bond donors (Lipinski definition) is 2. The number of nitrogens with one attached hydrogen (secondary N) is 2. The van der Waals surface area contributed by atoms with E-state index in [1.165, 1.54) is 0 Å². The maximum absolute atomic E-state index is 11.7. The van der Waals surface area contributed by atoms with E-state index < -0.39 is 0 Å². The number of pyridine rings is 1. The van der Waals surface area contributed by atoms with E-state index in [1.807, 2.05) is 19.1 Å². The third kappa shape index (κ3) is 4.32. The van der Waals surface area contributed by atoms with Gasteiger partial charge < -0.3 is 10.6 Å². The van der Waals surface area contributed by atoms with E-state index in [0.29, 0.717) is 12.3 Å². The van der Waals surface area contributed by atoms with Crippen molar-refractivity contribution in [3.8, 4) is 0 Å². The fourth-order valence-electron chi connectivity index (χ4n) is 1.90. The van der Waals surface area contributed by atoms with Crippen LogP contribution in [0.3, 0.4) is 0 Å². The number of amides is 1. The highest BCUT2D eigenvalue weighted by molar-refractivity contribution is 5.90. The highest BCUT2D eigenvalue weighted by Gasteiger charge is 2.17. The summed E-state index contributed by atoms with van der Waals surface area (Å²) in [6.07, 6.45) is 3.39. The van der Waals surface area contributed by atoms with Gasteiger partial charge in [-0.3, -0.25) is 9.78 Å². The summed E-state index contributed by atoms with van der Waals surface area (Å²) in [6.45, 7) is 3.92. The Morgan fingerprint density at radius 2 is 2.41 bits per heavy atom. The minimum Gasteiger partial charge on any atom is -0.325 e. The summed E-state index contributed by atoms with van der Waals surface area (Å²) >= 11 is 0. The van der Waals surface area contributed by atoms with Gasteiger partial charge in [-0.1, -0.05) is 0 Å². The fourth-order valence-corrected chi connectivity index (χ4v) is 1.90. The van der Waals surface area contributed by atoms with E-state index in [4.69, 9.17) is 0 Å². The second-order valence-electron chi connectivity index (χ2n) is 4.30. The first-order valence-electron chi connectivity index (χ1n) is 5.67. The molecule has 1 saturated heterocycles. The van der Waals surface area contributed by atoms with Gasteiger partial charge in [-0.05, 0) is 44.5 Å². The number of carbonyl (C=O) groups is 1. The second-order valence-corrected chi connectivity index (χ2v) is 4.30. The lowest BCUT2D eigenvalue weighted by atomic mass is 10.0. The van der Waals surface area contributed by atoms with Crippen LogP contribution in [0, 0.1) is 12.8 Å². The van der Waals surface area contributed by atoms with Crippen LogP contribution in [0.1, 0.15) is 18.5 Å². The van der Waals surface area contributed by atoms with Crippen molar-refractivity contribution < 1.29 is 4.79 Å². The second kappa shape index (κ2) is 6.57. The minimum absolute atomic E-state index is 0. The van der Waals surface area contributed by atoms with E-state index in [1.54, 1.807) is 6.20 Å². The Morgan fingerprint density at radius 1 is 1.59 bits per heavy atom. The van der Waals surface area contributed by atoms with Gasteiger partial charge in [0, 0.05) is 12.1 Å². The summed E-state index contributed by atoms with van der Waals surface area (Å²) in [5.41, 5.74) is 1.74. The smallest absolute Gasteiger partial charge is 0.224 e. The highest BCUT2D eigenvalue weighted by atomic mass is 35.5. The van der Waals surface area contributed by atoms with Crippen LogP contribution in [-0.4, -0.2) is 24.0 Å². The van der Waals surface area contributed by atoms with Crippen molar-refractivity contribution in [1.82, 2.24) is 10.3 Å². The molecule has 0 aliphatic carbocycles. The molecular formula is C12H18ClN3O. The third-order valence-electron chi connectivity index (χ3n) is 2.83. The van der Waals surface area contributed by atoms with Gasteiger partial charge in [0.2, 0.25) is 5.91 Å². The molecule has 0 spiro atoms. The number of hydrogen-bond acceptors (Lipinski definition) is 3. The van der Waals surface area contributed by atoms with Gasteiger partial charge in [-0.25, -0.2) is 0 Å². The first-order chi connectivity index (χ1) is 7.74. The van der Waals surface area contributed by atoms with Crippen LogP contribution in [0.5, 0.6) is 0 Å². The Kier molecular flexibility index (Phi) is 5.38. The Bertz CT molecular complexity index is 361. The molecule has 2 rings (SSSR count). The molecule has 0 aromatic carbocycles. The van der Waals surface area contributed by atoms with Crippen molar-refractivity contribution in [3.63, 3.8) is 0 Å². The van der Waals surface area contributed by atoms with Crippen LogP contribution in [0.4, 0.5) is 5.69 Å². The molecule has 4 nitrogen and oxygen atoms in total. The molecule has 1 aromatic rings. The van der Waals surface area contributed by atoms with E-state index in [-0.39, 0.29) is 18.3 Å². The van der Waals surface area contributed by atoms with E-state index in [9.17, 15) is 4.79 Å². The molecule has 1 atom stereocenters. The quantitative estimate of drug-likeness (QED) is 0.865. The topological polar surface area (TPSA) is 54.0 Å². The Morgan fingerprint density at radius 3 is 3.00 bits per heavy atom. The maximum Gasteiger partial charge on any atom is 0.224 e. The van der Waals surface area contributed by atoms with Gasteiger partial charge in [0.25, 0.3) is 0 Å². The van der Waals surface area contributed by atoms with Crippen molar-refractivity contribution >= 4 is 24.0 Å². The Labute approximate surface area is 108 Å². The van der Waals surface area contributed by atoms with Crippen LogP contribution in [0.15, 0.2) is 18.3 Å². The zero-order valence-electron chi connectivity index (χ0n) is 9.90. The van der Waals surface area contributed by atoms with Gasteiger partial charge in [0.1, 0.15) is 0 Å². The molecule has 2 heterocycles. The van der Waals surface area contributed by atoms with Gasteiger partial charge in [0.15, 0.2) is 0 Å². The number of rotatable bonds is 3. The highest BCUT2D eigenvalue weighted by Crippen LogP contribution is 2.13. The fraction of sp³-hybridized carbons (Fsp3) is 0.500. The summed E-state index contributed by atoms with van der Waals surface area (Å²) in [5.74, 6) is 0.567. The normalized spacial score (nSPS) is 18.5. The average molecular weight is 256 g/mol. The summed E-state index contributed by atoms with van der Waals surface area (Å²) in [5, 5.41) is 6.12. The van der Waals surface area contributed by atoms with Crippen molar-refractivity contribution in [1.29, 1.82) is 0 Å². The van der Waals surface area contributed by atoms with E-state index in [2.05, 4.69) is 15.6 Å². The molecule has 17 heavy (non-hydrogen) atoms. The summed E-state index contributed by atoms with van der Waals surface area (Å²) in [7, 11) is 0. The number of nitrogens with zero attached hydrogens (tertiary/aromatic N) is 1. The average Bonchev–Trinajstić information content (AvgIpc) is 2.74. The number of aromatic nitrogens is 1. The SMILES string of the molecule is Cc1ccc(NC(=O)CC2CCNC2)cn1.Cl. The zero-order valence-corrected chi connectivity index (χ0v) is 10.7. The summed E-state index contributed by atoms with van der Waals surface area (Å²) in [4.78, 5) is 15.8. The van der Waals surface area contributed by atoms with Gasteiger partial charge in [-0.15, -0.1) is 12.4 Å². The third-order valence-corrected chi connectivity index (χ3v) is 2.83. The van der Waals surface area contributed by atoms with Gasteiger partial charge in [0.05, 0.1) is 11.9 Å². The van der Waals surface area contributed by atoms with Crippen LogP contribution < -0.4 is 10.6 Å². The predicted molar refractivity (Wildman–Crippen MR) is 70.4 cm³/mol. The number of aryl methyl sites for hydroxylation is 1. The number of carbonyl (C=O) groups excluding carboxylic acids is 1. The van der Waals surface area contributed by atoms with Gasteiger partial charge in [-0.2, -0.15) is 0 Å². The van der Waals surface area contributed by atoms with Crippen LogP contribution in [0.2, 0.25) is 0 Å². The molecule has 1 aliphatic rings. The monoisotopic (exact) mass is 255 g/mol. The van der Waals surface area contributed by atoms with Crippen molar-refractivity contribution in [3.05, 3.63) is 24.0 Å². The number of halogens is 1. The first kappa shape index (κ1) is 13.9. The molecule has 2 N–H and O–H groups in total. The molecule has 0 saturated carbocycles. The number of anilines is 1. The molecule has 1 unspecified atom stereocenters. The van der Waals surface area contributed by atoms with Crippen molar-refractivity contribution in [2.75, 3.05) is 18.4 Å². The minimum atomic E-state index is 0. The van der Waals surface area contributed by atoms with E-state index >= 15 is 0 Å². The maximum atomic E-state index is 11.7. The summed E-state index contributed by atoms with van der Waals surface area (Å²) in [6, 6.07) is 3.78. The Balaban J connectivity index is 0.00000144. The lowest BCUT2D eigenvalue weighted by Crippen LogP contribution is -2.18. The Hall–Kier alpha value is -1.13. The lowest BCUT2D eigenvalue weighted by Gasteiger charge is -2.08. The molecule has 94 valence electrons. The molecule has 0 radical (unpaired) electrons. The van der Waals surface area contributed by atoms with Crippen LogP contribution in [0.25, 0.3) is 0 Å². The molecular weight excluding hydrogens is 238 g/mol. The zero-order chi connectivity index (χ0) is 11.4. The van der Waals surface area contributed by atoms with Gasteiger partial charge >= 0.3 is 0 Å². The standard InChI is InChI=1S/C12H17N3O.ClH/c1-9-2-3-11(8-14-9)15-12(16)6-10-4-5-13-7-10;/h2-3,8,10,13H,4-7H2,1H3,(H,15,16);1H. The van der Waals surface area contributed by atoms with Crippen LogP contribution in [-0.2, 0) is 4.79 Å². The molecule has 1 aliphatic heterocycles. The lowest BCUT2D eigenvalue weighted by molar-refractivity contribution is -0.116. The molecule has 1 fully saturated rings. The largest absolute Gasteiger partial charge is 0.325 e. The van der Waals surface area contributed by atoms with Crippen LogP contribution >= 0.6 is 12.4 Å². The van der Waals surface area contributed by atoms with Crippen molar-refractivity contribution in [2.45, 2.75) is 19.8 Å². The molecule has 5 heteroatoms. The molecule has 1 amide bonds. The predicted octanol–water partition coefficient (Wildman–Crippen LogP) is 1.75. The van der Waals surface area contributed by atoms with Crippen molar-refractivity contribution in [2.24, 2.45) is 5.92 Å². The van der Waals surface area contributed by atoms with E-state index in [0.717, 1.165) is 30.9 Å². The first-order valence-corrected chi connectivity index (χ1v) is 5.67. The molecule has 1 aromatic heterocycles. The summed E-state index contributed by atoms with van der Waals surface area (Å²) < 4.78 is 0.